The second kappa shape index (κ2) is 5.33. The quantitative estimate of drug-likeness (QED) is 0.639. The molecule has 0 spiro atoms. The standard InChI is InChI=1S/C16H9F3OS/c17-11-1-3-13(19)9(5-11)7-14(20)16-8-10-6-12(18)2-4-15(10)21-16/h1-6,8H,7H2. The van der Waals surface area contributed by atoms with E-state index in [1.807, 2.05) is 0 Å². The fourth-order valence-corrected chi connectivity index (χ4v) is 3.07. The van der Waals surface area contributed by atoms with Gasteiger partial charge < -0.3 is 0 Å². The van der Waals surface area contributed by atoms with Gasteiger partial charge in [-0.2, -0.15) is 0 Å². The van der Waals surface area contributed by atoms with Gasteiger partial charge in [0.1, 0.15) is 17.5 Å². The van der Waals surface area contributed by atoms with Crippen LogP contribution < -0.4 is 0 Å². The maximum atomic E-state index is 13.5. The van der Waals surface area contributed by atoms with E-state index in [-0.39, 0.29) is 23.6 Å². The highest BCUT2D eigenvalue weighted by atomic mass is 32.1. The minimum Gasteiger partial charge on any atom is -0.293 e. The number of rotatable bonds is 3. The minimum atomic E-state index is -0.614. The van der Waals surface area contributed by atoms with Crippen LogP contribution in [0.25, 0.3) is 10.1 Å². The Balaban J connectivity index is 1.91. The van der Waals surface area contributed by atoms with Crippen molar-refractivity contribution in [2.24, 2.45) is 0 Å². The second-order valence-corrected chi connectivity index (χ2v) is 5.71. The maximum absolute atomic E-state index is 13.5. The summed E-state index contributed by atoms with van der Waals surface area (Å²) < 4.78 is 40.5. The van der Waals surface area contributed by atoms with Crippen LogP contribution in [-0.2, 0) is 6.42 Å². The Hall–Kier alpha value is -2.14. The molecule has 0 amide bonds. The van der Waals surface area contributed by atoms with Gasteiger partial charge in [-0.25, -0.2) is 13.2 Å². The molecule has 0 atom stereocenters. The van der Waals surface area contributed by atoms with Crippen LogP contribution in [-0.4, -0.2) is 5.78 Å². The van der Waals surface area contributed by atoms with Crippen molar-refractivity contribution < 1.29 is 18.0 Å². The zero-order valence-corrected chi connectivity index (χ0v) is 11.5. The topological polar surface area (TPSA) is 17.1 Å². The van der Waals surface area contributed by atoms with Crippen LogP contribution in [0, 0.1) is 17.5 Å². The number of halogens is 3. The maximum Gasteiger partial charge on any atom is 0.177 e. The summed E-state index contributed by atoms with van der Waals surface area (Å²) in [5, 5.41) is 0.628. The SMILES string of the molecule is O=C(Cc1cc(F)ccc1F)c1cc2cc(F)ccc2s1. The van der Waals surface area contributed by atoms with E-state index in [0.29, 0.717) is 10.3 Å². The first-order valence-corrected chi connectivity index (χ1v) is 7.01. The highest BCUT2D eigenvalue weighted by Crippen LogP contribution is 2.27. The first kappa shape index (κ1) is 13.8. The largest absolute Gasteiger partial charge is 0.293 e. The predicted octanol–water partition coefficient (Wildman–Crippen LogP) is 4.74. The Morgan fingerprint density at radius 1 is 0.952 bits per heavy atom. The Morgan fingerprint density at radius 2 is 1.67 bits per heavy atom. The van der Waals surface area contributed by atoms with Crippen LogP contribution in [0.3, 0.4) is 0 Å². The number of benzene rings is 2. The Morgan fingerprint density at radius 3 is 2.48 bits per heavy atom. The molecule has 3 rings (SSSR count). The summed E-state index contributed by atoms with van der Waals surface area (Å²) in [6.07, 6.45) is -0.223. The molecule has 1 aromatic heterocycles. The number of carbonyl (C=O) groups excluding carboxylic acids is 1. The fourth-order valence-electron chi connectivity index (χ4n) is 2.09. The molecular weight excluding hydrogens is 297 g/mol. The molecule has 0 aliphatic carbocycles. The predicted molar refractivity (Wildman–Crippen MR) is 76.2 cm³/mol. The number of hydrogen-bond acceptors (Lipinski definition) is 2. The average Bonchev–Trinajstić information content (AvgIpc) is 2.86. The third-order valence-electron chi connectivity index (χ3n) is 3.11. The van der Waals surface area contributed by atoms with E-state index in [1.54, 1.807) is 12.1 Å². The smallest absolute Gasteiger partial charge is 0.177 e. The van der Waals surface area contributed by atoms with Gasteiger partial charge in [0.15, 0.2) is 5.78 Å². The second-order valence-electron chi connectivity index (χ2n) is 4.63. The molecule has 1 heterocycles. The molecule has 0 saturated heterocycles. The molecule has 1 nitrogen and oxygen atoms in total. The van der Waals surface area contributed by atoms with Gasteiger partial charge >= 0.3 is 0 Å². The van der Waals surface area contributed by atoms with Gasteiger partial charge in [-0.15, -0.1) is 11.3 Å². The lowest BCUT2D eigenvalue weighted by Crippen LogP contribution is -2.03. The van der Waals surface area contributed by atoms with Crippen molar-refractivity contribution in [1.29, 1.82) is 0 Å². The number of fused-ring (bicyclic) bond motifs is 1. The minimum absolute atomic E-state index is 0.0173. The number of hydrogen-bond donors (Lipinski definition) is 0. The molecule has 0 fully saturated rings. The van der Waals surface area contributed by atoms with Crippen LogP contribution in [0.15, 0.2) is 42.5 Å². The molecule has 2 aromatic carbocycles. The van der Waals surface area contributed by atoms with Gasteiger partial charge in [0.2, 0.25) is 0 Å². The molecule has 0 N–H and O–H groups in total. The molecule has 0 bridgehead atoms. The highest BCUT2D eigenvalue weighted by molar-refractivity contribution is 7.20. The summed E-state index contributed by atoms with van der Waals surface area (Å²) in [5.74, 6) is -1.90. The van der Waals surface area contributed by atoms with E-state index in [1.165, 1.54) is 23.5 Å². The van der Waals surface area contributed by atoms with Crippen molar-refractivity contribution in [2.45, 2.75) is 6.42 Å². The van der Waals surface area contributed by atoms with Crippen molar-refractivity contribution >= 4 is 27.2 Å². The molecule has 21 heavy (non-hydrogen) atoms. The summed E-state index contributed by atoms with van der Waals surface area (Å²) in [6.45, 7) is 0. The Kier molecular flexibility index (Phi) is 3.51. The molecular formula is C16H9F3OS. The third kappa shape index (κ3) is 2.83. The summed E-state index contributed by atoms with van der Waals surface area (Å²) in [7, 11) is 0. The molecule has 0 saturated carbocycles. The van der Waals surface area contributed by atoms with Crippen molar-refractivity contribution in [1.82, 2.24) is 0 Å². The Bertz CT molecular complexity index is 839. The monoisotopic (exact) mass is 306 g/mol. The first-order chi connectivity index (χ1) is 10.0. The number of thiophene rings is 1. The van der Waals surface area contributed by atoms with E-state index in [0.717, 1.165) is 22.9 Å². The third-order valence-corrected chi connectivity index (χ3v) is 4.27. The summed E-state index contributed by atoms with van der Waals surface area (Å²) >= 11 is 1.21. The van der Waals surface area contributed by atoms with Gasteiger partial charge in [0.25, 0.3) is 0 Å². The van der Waals surface area contributed by atoms with Crippen molar-refractivity contribution in [3.8, 4) is 0 Å². The summed E-state index contributed by atoms with van der Waals surface area (Å²) in [6, 6.07) is 8.84. The van der Waals surface area contributed by atoms with Crippen molar-refractivity contribution in [2.75, 3.05) is 0 Å². The first-order valence-electron chi connectivity index (χ1n) is 6.19. The number of ketones is 1. The molecule has 3 aromatic rings. The van der Waals surface area contributed by atoms with Crippen LogP contribution in [0.5, 0.6) is 0 Å². The van der Waals surface area contributed by atoms with Gasteiger partial charge in [0, 0.05) is 11.1 Å². The van der Waals surface area contributed by atoms with E-state index in [2.05, 4.69) is 0 Å². The summed E-state index contributed by atoms with van der Waals surface area (Å²) in [5.41, 5.74) is 0.0173. The van der Waals surface area contributed by atoms with Gasteiger partial charge in [-0.05, 0) is 53.4 Å². The van der Waals surface area contributed by atoms with Crippen LogP contribution >= 0.6 is 11.3 Å². The molecule has 0 aliphatic rings. The van der Waals surface area contributed by atoms with Crippen molar-refractivity contribution in [3.63, 3.8) is 0 Å². The average molecular weight is 306 g/mol. The molecule has 0 aliphatic heterocycles. The highest BCUT2D eigenvalue weighted by Gasteiger charge is 2.14. The lowest BCUT2D eigenvalue weighted by molar-refractivity contribution is 0.0995. The van der Waals surface area contributed by atoms with Gasteiger partial charge in [-0.3, -0.25) is 4.79 Å². The van der Waals surface area contributed by atoms with E-state index >= 15 is 0 Å². The molecule has 106 valence electrons. The van der Waals surface area contributed by atoms with Crippen LogP contribution in [0.1, 0.15) is 15.2 Å². The van der Waals surface area contributed by atoms with Gasteiger partial charge in [0.05, 0.1) is 4.88 Å². The molecule has 0 unspecified atom stereocenters. The normalized spacial score (nSPS) is 11.0. The zero-order chi connectivity index (χ0) is 15.0. The van der Waals surface area contributed by atoms with Crippen LogP contribution in [0.2, 0.25) is 0 Å². The zero-order valence-electron chi connectivity index (χ0n) is 10.7. The fraction of sp³-hybridized carbons (Fsp3) is 0.0625. The summed E-state index contributed by atoms with van der Waals surface area (Å²) in [4.78, 5) is 12.6. The lowest BCUT2D eigenvalue weighted by atomic mass is 10.1. The number of Topliss-reactive ketones (excluding diaryl/α,β-unsaturated/α-hetero) is 1. The molecule has 0 radical (unpaired) electrons. The van der Waals surface area contributed by atoms with Gasteiger partial charge in [-0.1, -0.05) is 0 Å². The number of carbonyl (C=O) groups is 1. The van der Waals surface area contributed by atoms with E-state index in [9.17, 15) is 18.0 Å². The Labute approximate surface area is 122 Å². The molecule has 5 heteroatoms. The van der Waals surface area contributed by atoms with E-state index < -0.39 is 11.6 Å². The van der Waals surface area contributed by atoms with Crippen molar-refractivity contribution in [3.05, 3.63) is 70.4 Å². The lowest BCUT2D eigenvalue weighted by Gasteiger charge is -2.01. The van der Waals surface area contributed by atoms with E-state index in [4.69, 9.17) is 0 Å². The van der Waals surface area contributed by atoms with Crippen LogP contribution in [0.4, 0.5) is 13.2 Å².